The highest BCUT2D eigenvalue weighted by Gasteiger charge is 2.12. The van der Waals surface area contributed by atoms with Crippen LogP contribution in [0, 0.1) is 6.92 Å². The number of carbonyl (C=O) groups is 1. The molecule has 0 saturated carbocycles. The van der Waals surface area contributed by atoms with Crippen molar-refractivity contribution in [1.82, 2.24) is 20.3 Å². The van der Waals surface area contributed by atoms with Gasteiger partial charge in [-0.25, -0.2) is 9.97 Å². The Kier molecular flexibility index (Phi) is 3.53. The first-order valence-corrected chi connectivity index (χ1v) is 6.23. The third-order valence-electron chi connectivity index (χ3n) is 2.37. The molecular weight excluding hydrogens is 236 g/mol. The van der Waals surface area contributed by atoms with Gasteiger partial charge in [-0.15, -0.1) is 11.3 Å². The number of carbonyl (C=O) groups excluding carboxylic acids is 1. The summed E-state index contributed by atoms with van der Waals surface area (Å²) in [6.07, 6.45) is 3.00. The van der Waals surface area contributed by atoms with Gasteiger partial charge in [0, 0.05) is 23.5 Å². The summed E-state index contributed by atoms with van der Waals surface area (Å²) in [5.74, 6) is 0.0863. The van der Waals surface area contributed by atoms with Crippen LogP contribution in [0.3, 0.4) is 0 Å². The van der Waals surface area contributed by atoms with E-state index in [9.17, 15) is 4.79 Å². The van der Waals surface area contributed by atoms with Gasteiger partial charge in [-0.3, -0.25) is 4.79 Å². The van der Waals surface area contributed by atoms with E-state index in [1.54, 1.807) is 11.3 Å². The Morgan fingerprint density at radius 2 is 2.47 bits per heavy atom. The van der Waals surface area contributed by atoms with Crippen molar-refractivity contribution in [1.29, 1.82) is 0 Å². The number of nitrogens with one attached hydrogen (secondary N) is 2. The minimum Gasteiger partial charge on any atom is -0.350 e. The molecule has 0 radical (unpaired) electrons. The van der Waals surface area contributed by atoms with E-state index < -0.39 is 0 Å². The fraction of sp³-hybridized carbons (Fsp3) is 0.364. The molecule has 6 heteroatoms. The SMILES string of the molecule is Cc1csc([C@@H](C)CNC(=O)c2cnc[nH]2)n1. The van der Waals surface area contributed by atoms with Gasteiger partial charge in [-0.2, -0.15) is 0 Å². The molecule has 1 amide bonds. The van der Waals surface area contributed by atoms with Crippen molar-refractivity contribution < 1.29 is 4.79 Å². The van der Waals surface area contributed by atoms with E-state index in [0.717, 1.165) is 10.7 Å². The first-order valence-electron chi connectivity index (χ1n) is 5.35. The lowest BCUT2D eigenvalue weighted by Gasteiger charge is -2.09. The minimum atomic E-state index is -0.136. The number of hydrogen-bond donors (Lipinski definition) is 2. The van der Waals surface area contributed by atoms with Crippen LogP contribution < -0.4 is 5.32 Å². The molecule has 2 aromatic heterocycles. The molecule has 17 heavy (non-hydrogen) atoms. The van der Waals surface area contributed by atoms with Gasteiger partial charge in [0.25, 0.3) is 5.91 Å². The van der Waals surface area contributed by atoms with Crippen molar-refractivity contribution in [3.8, 4) is 0 Å². The van der Waals surface area contributed by atoms with Crippen molar-refractivity contribution in [3.05, 3.63) is 34.3 Å². The number of H-pyrrole nitrogens is 1. The van der Waals surface area contributed by atoms with Gasteiger partial charge in [-0.1, -0.05) is 6.92 Å². The van der Waals surface area contributed by atoms with Crippen LogP contribution in [-0.2, 0) is 0 Å². The third kappa shape index (κ3) is 2.91. The summed E-state index contributed by atoms with van der Waals surface area (Å²) in [7, 11) is 0. The molecule has 0 saturated heterocycles. The first kappa shape index (κ1) is 11.8. The van der Waals surface area contributed by atoms with Crippen molar-refractivity contribution in [3.63, 3.8) is 0 Å². The molecule has 90 valence electrons. The van der Waals surface area contributed by atoms with Gasteiger partial charge in [0.2, 0.25) is 0 Å². The standard InChI is InChI=1S/C11H14N4OS/c1-7(11-15-8(2)5-17-11)3-13-10(16)9-4-12-6-14-9/h4-7H,3H2,1-2H3,(H,12,14)(H,13,16)/t7-/m0/s1. The third-order valence-corrected chi connectivity index (χ3v) is 3.56. The Bertz CT molecular complexity index is 491. The molecule has 5 nitrogen and oxygen atoms in total. The highest BCUT2D eigenvalue weighted by atomic mass is 32.1. The maximum atomic E-state index is 11.6. The molecule has 2 N–H and O–H groups in total. The fourth-order valence-corrected chi connectivity index (χ4v) is 2.26. The van der Waals surface area contributed by atoms with Gasteiger partial charge in [0.1, 0.15) is 5.69 Å². The van der Waals surface area contributed by atoms with E-state index in [4.69, 9.17) is 0 Å². The predicted molar refractivity (Wildman–Crippen MR) is 66.2 cm³/mol. The first-order chi connectivity index (χ1) is 8.16. The molecular formula is C11H14N4OS. The van der Waals surface area contributed by atoms with Crippen LogP contribution in [0.4, 0.5) is 0 Å². The summed E-state index contributed by atoms with van der Waals surface area (Å²) >= 11 is 1.62. The average Bonchev–Trinajstić information content (AvgIpc) is 2.95. The van der Waals surface area contributed by atoms with E-state index in [1.165, 1.54) is 12.5 Å². The maximum Gasteiger partial charge on any atom is 0.269 e. The Morgan fingerprint density at radius 3 is 3.06 bits per heavy atom. The fourth-order valence-electron chi connectivity index (χ4n) is 1.41. The second-order valence-electron chi connectivity index (χ2n) is 3.90. The number of nitrogens with zero attached hydrogens (tertiary/aromatic N) is 2. The summed E-state index contributed by atoms with van der Waals surface area (Å²) in [6.45, 7) is 4.59. The number of aryl methyl sites for hydroxylation is 1. The molecule has 0 aliphatic rings. The van der Waals surface area contributed by atoms with Gasteiger partial charge in [0.05, 0.1) is 17.5 Å². The van der Waals surface area contributed by atoms with E-state index in [-0.39, 0.29) is 11.8 Å². The van der Waals surface area contributed by atoms with Crippen LogP contribution in [0.25, 0.3) is 0 Å². The van der Waals surface area contributed by atoms with Crippen LogP contribution >= 0.6 is 11.3 Å². The highest BCUT2D eigenvalue weighted by Crippen LogP contribution is 2.18. The van der Waals surface area contributed by atoms with E-state index in [2.05, 4.69) is 20.3 Å². The average molecular weight is 250 g/mol. The monoisotopic (exact) mass is 250 g/mol. The second-order valence-corrected chi connectivity index (χ2v) is 4.79. The maximum absolute atomic E-state index is 11.6. The molecule has 2 rings (SSSR count). The number of thiazole rings is 1. The normalized spacial score (nSPS) is 12.4. The van der Waals surface area contributed by atoms with Gasteiger partial charge < -0.3 is 10.3 Å². The van der Waals surface area contributed by atoms with Crippen LogP contribution in [0.5, 0.6) is 0 Å². The van der Waals surface area contributed by atoms with Crippen LogP contribution in [0.15, 0.2) is 17.9 Å². The summed E-state index contributed by atoms with van der Waals surface area (Å²) in [6, 6.07) is 0. The number of hydrogen-bond acceptors (Lipinski definition) is 4. The zero-order valence-electron chi connectivity index (χ0n) is 9.73. The molecule has 0 fully saturated rings. The lowest BCUT2D eigenvalue weighted by Crippen LogP contribution is -2.27. The molecule has 2 heterocycles. The molecule has 0 spiro atoms. The Labute approximate surface area is 103 Å². The minimum absolute atomic E-state index is 0.136. The van der Waals surface area contributed by atoms with Crippen LogP contribution in [0.1, 0.15) is 34.0 Å². The zero-order chi connectivity index (χ0) is 12.3. The van der Waals surface area contributed by atoms with Gasteiger partial charge >= 0.3 is 0 Å². The second kappa shape index (κ2) is 5.09. The van der Waals surface area contributed by atoms with Gasteiger partial charge in [0.15, 0.2) is 0 Å². The molecule has 0 aliphatic carbocycles. The summed E-state index contributed by atoms with van der Waals surface area (Å²) in [5.41, 5.74) is 1.50. The van der Waals surface area contributed by atoms with Crippen molar-refractivity contribution in [2.24, 2.45) is 0 Å². The number of aromatic nitrogens is 3. The number of imidazole rings is 1. The van der Waals surface area contributed by atoms with Crippen LogP contribution in [0.2, 0.25) is 0 Å². The number of rotatable bonds is 4. The van der Waals surface area contributed by atoms with Crippen LogP contribution in [-0.4, -0.2) is 27.4 Å². The number of aromatic amines is 1. The number of amides is 1. The molecule has 0 aliphatic heterocycles. The van der Waals surface area contributed by atoms with Crippen molar-refractivity contribution >= 4 is 17.2 Å². The predicted octanol–water partition coefficient (Wildman–Crippen LogP) is 1.71. The van der Waals surface area contributed by atoms with Crippen molar-refractivity contribution in [2.45, 2.75) is 19.8 Å². The Hall–Kier alpha value is -1.69. The Morgan fingerprint density at radius 1 is 1.65 bits per heavy atom. The summed E-state index contributed by atoms with van der Waals surface area (Å²) < 4.78 is 0. The van der Waals surface area contributed by atoms with E-state index in [1.807, 2.05) is 19.2 Å². The Balaban J connectivity index is 1.88. The molecule has 0 bridgehead atoms. The molecule has 1 atom stereocenters. The zero-order valence-corrected chi connectivity index (χ0v) is 10.5. The highest BCUT2D eigenvalue weighted by molar-refractivity contribution is 7.09. The topological polar surface area (TPSA) is 70.7 Å². The van der Waals surface area contributed by atoms with Gasteiger partial charge in [-0.05, 0) is 6.92 Å². The smallest absolute Gasteiger partial charge is 0.269 e. The lowest BCUT2D eigenvalue weighted by molar-refractivity contribution is 0.0947. The van der Waals surface area contributed by atoms with Crippen molar-refractivity contribution in [2.75, 3.05) is 6.54 Å². The summed E-state index contributed by atoms with van der Waals surface area (Å²) in [4.78, 5) is 22.6. The largest absolute Gasteiger partial charge is 0.350 e. The van der Waals surface area contributed by atoms with E-state index >= 15 is 0 Å². The molecule has 0 unspecified atom stereocenters. The lowest BCUT2D eigenvalue weighted by atomic mass is 10.2. The molecule has 2 aromatic rings. The quantitative estimate of drug-likeness (QED) is 0.867. The molecule has 0 aromatic carbocycles. The summed E-state index contributed by atoms with van der Waals surface area (Å²) in [5, 5.41) is 5.91. The van der Waals surface area contributed by atoms with E-state index in [0.29, 0.717) is 12.2 Å².